The zero-order chi connectivity index (χ0) is 12.3. The number of aryl methyl sites for hydroxylation is 1. The smallest absolute Gasteiger partial charge is 0.308 e. The van der Waals surface area contributed by atoms with Crippen molar-refractivity contribution < 1.29 is 19.1 Å². The summed E-state index contributed by atoms with van der Waals surface area (Å²) in [6.07, 6.45) is 0. The van der Waals surface area contributed by atoms with Gasteiger partial charge in [-0.3, -0.25) is 9.59 Å². The highest BCUT2D eigenvalue weighted by Crippen LogP contribution is 2.30. The molecule has 0 spiro atoms. The molecule has 16 heavy (non-hydrogen) atoms. The minimum Gasteiger partial charge on any atom is -0.423 e. The molecule has 0 aromatic carbocycles. The third-order valence-electron chi connectivity index (χ3n) is 2.14. The fourth-order valence-corrected chi connectivity index (χ4v) is 2.45. The Morgan fingerprint density at radius 1 is 1.19 bits per heavy atom. The van der Waals surface area contributed by atoms with Crippen molar-refractivity contribution in [2.75, 3.05) is 0 Å². The van der Waals surface area contributed by atoms with E-state index in [0.29, 0.717) is 11.5 Å². The number of hydrogen-bond acceptors (Lipinski definition) is 4. The van der Waals surface area contributed by atoms with E-state index in [-0.39, 0.29) is 0 Å². The monoisotopic (exact) mass is 238 g/mol. The van der Waals surface area contributed by atoms with E-state index in [2.05, 4.69) is 6.55 Å². The van der Waals surface area contributed by atoms with E-state index >= 15 is 0 Å². The number of esters is 2. The Morgan fingerprint density at radius 2 is 1.75 bits per heavy atom. The summed E-state index contributed by atoms with van der Waals surface area (Å²) < 4.78 is 10.1. The molecule has 0 saturated carbocycles. The maximum atomic E-state index is 11.0. The predicted molar refractivity (Wildman–Crippen MR) is 60.7 cm³/mol. The minimum atomic E-state index is -0.822. The third-order valence-corrected chi connectivity index (χ3v) is 4.22. The highest BCUT2D eigenvalue weighted by Gasteiger charge is 2.14. The first-order valence-corrected chi connectivity index (χ1v) is 6.96. The summed E-state index contributed by atoms with van der Waals surface area (Å²) >= 11 is 0. The van der Waals surface area contributed by atoms with Crippen LogP contribution in [-0.2, 0) is 16.1 Å². The van der Waals surface area contributed by atoms with Crippen molar-refractivity contribution in [2.24, 2.45) is 6.55 Å². The first kappa shape index (κ1) is 12.6. The van der Waals surface area contributed by atoms with E-state index in [4.69, 9.17) is 9.47 Å². The van der Waals surface area contributed by atoms with Crippen LogP contribution < -0.4 is 9.47 Å². The standard InChI is InChI=1S/C11H14O4Si/c1-7-11(15-9(3)13)10(14-8(2)12)5-6-16(7)4/h5-6H,1-4H3. The quantitative estimate of drug-likeness (QED) is 0.577. The summed E-state index contributed by atoms with van der Waals surface area (Å²) in [5, 5.41) is 0.971. The van der Waals surface area contributed by atoms with Crippen LogP contribution >= 0.6 is 0 Å². The van der Waals surface area contributed by atoms with Gasteiger partial charge in [0.1, 0.15) is 0 Å². The van der Waals surface area contributed by atoms with Gasteiger partial charge in [-0.1, -0.05) is 12.2 Å². The molecule has 0 aliphatic rings. The molecule has 0 aliphatic heterocycles. The molecule has 1 rings (SSSR count). The van der Waals surface area contributed by atoms with Gasteiger partial charge in [0.15, 0.2) is 11.5 Å². The van der Waals surface area contributed by atoms with Crippen LogP contribution in [0.2, 0.25) is 0 Å². The number of rotatable bonds is 2. The average Bonchev–Trinajstić information content (AvgIpc) is 2.16. The van der Waals surface area contributed by atoms with Crippen molar-refractivity contribution in [2.45, 2.75) is 20.8 Å². The molecule has 0 radical (unpaired) electrons. The van der Waals surface area contributed by atoms with Gasteiger partial charge >= 0.3 is 11.9 Å². The molecule has 4 nitrogen and oxygen atoms in total. The highest BCUT2D eigenvalue weighted by molar-refractivity contribution is 6.51. The van der Waals surface area contributed by atoms with Crippen molar-refractivity contribution in [3.8, 4) is 11.5 Å². The minimum absolute atomic E-state index is 0.316. The van der Waals surface area contributed by atoms with Crippen LogP contribution in [0.15, 0.2) is 11.7 Å². The van der Waals surface area contributed by atoms with Crippen LogP contribution in [-0.4, -0.2) is 20.3 Å². The molecule has 1 aromatic rings. The lowest BCUT2D eigenvalue weighted by molar-refractivity contribution is -0.134. The van der Waals surface area contributed by atoms with E-state index in [1.54, 1.807) is 6.07 Å². The van der Waals surface area contributed by atoms with Gasteiger partial charge in [-0.05, 0) is 18.2 Å². The van der Waals surface area contributed by atoms with Crippen LogP contribution in [0.25, 0.3) is 0 Å². The summed E-state index contributed by atoms with van der Waals surface area (Å²) in [6, 6.07) is 1.70. The van der Waals surface area contributed by atoms with Crippen molar-refractivity contribution in [3.63, 3.8) is 0 Å². The first-order valence-electron chi connectivity index (χ1n) is 4.89. The Labute approximate surface area is 95.7 Å². The molecule has 0 unspecified atom stereocenters. The van der Waals surface area contributed by atoms with Crippen LogP contribution in [0, 0.1) is 6.92 Å². The zero-order valence-electron chi connectivity index (χ0n) is 9.79. The SMILES string of the molecule is CC(=O)Oc1cc[si](C)c(C)c1OC(C)=O. The molecule has 0 saturated heterocycles. The number of carbonyl (C=O) groups is 2. The fraction of sp³-hybridized carbons (Fsp3) is 0.364. The Balaban J connectivity index is 3.20. The van der Waals surface area contributed by atoms with E-state index in [0.717, 1.165) is 5.17 Å². The molecule has 86 valence electrons. The molecule has 1 heterocycles. The van der Waals surface area contributed by atoms with Crippen molar-refractivity contribution in [3.05, 3.63) is 16.9 Å². The second-order valence-corrected chi connectivity index (χ2v) is 5.97. The second-order valence-electron chi connectivity index (χ2n) is 3.52. The highest BCUT2D eigenvalue weighted by atomic mass is 28.2. The Hall–Kier alpha value is -1.49. The predicted octanol–water partition coefficient (Wildman–Crippen LogP) is 1.41. The first-order chi connectivity index (χ1) is 7.41. The molecule has 0 fully saturated rings. The zero-order valence-corrected chi connectivity index (χ0v) is 10.8. The summed E-state index contributed by atoms with van der Waals surface area (Å²) in [5.74, 6) is -0.134. The molecule has 0 aliphatic carbocycles. The van der Waals surface area contributed by atoms with E-state index in [1.165, 1.54) is 13.8 Å². The fourth-order valence-electron chi connectivity index (χ4n) is 1.27. The van der Waals surface area contributed by atoms with Gasteiger partial charge < -0.3 is 9.47 Å². The van der Waals surface area contributed by atoms with Gasteiger partial charge in [0.25, 0.3) is 0 Å². The number of ether oxygens (including phenoxy) is 2. The van der Waals surface area contributed by atoms with Crippen LogP contribution in [0.4, 0.5) is 0 Å². The van der Waals surface area contributed by atoms with Crippen LogP contribution in [0.5, 0.6) is 11.5 Å². The van der Waals surface area contributed by atoms with Crippen LogP contribution in [0.3, 0.4) is 0 Å². The molecule has 0 amide bonds. The average molecular weight is 238 g/mol. The lowest BCUT2D eigenvalue weighted by atomic mass is 10.4. The molecule has 0 atom stereocenters. The largest absolute Gasteiger partial charge is 0.423 e. The van der Waals surface area contributed by atoms with Gasteiger partial charge in [0, 0.05) is 22.2 Å². The Kier molecular flexibility index (Phi) is 3.95. The lowest BCUT2D eigenvalue weighted by Gasteiger charge is -2.12. The van der Waals surface area contributed by atoms with Crippen molar-refractivity contribution in [1.29, 1.82) is 0 Å². The number of carbonyl (C=O) groups excluding carboxylic acids is 2. The summed E-state index contributed by atoms with van der Waals surface area (Å²) in [5.41, 5.74) is 1.99. The molecule has 5 heteroatoms. The van der Waals surface area contributed by atoms with E-state index in [9.17, 15) is 9.59 Å². The molecule has 1 aromatic heterocycles. The van der Waals surface area contributed by atoms with Gasteiger partial charge in [-0.15, -0.1) is 0 Å². The van der Waals surface area contributed by atoms with Gasteiger partial charge in [-0.2, -0.15) is 0 Å². The maximum absolute atomic E-state index is 11.0. The molecule has 0 N–H and O–H groups in total. The van der Waals surface area contributed by atoms with Crippen LogP contribution in [0.1, 0.15) is 19.0 Å². The topological polar surface area (TPSA) is 52.6 Å². The summed E-state index contributed by atoms with van der Waals surface area (Å²) in [4.78, 5) is 21.9. The molecular formula is C11H14O4Si. The van der Waals surface area contributed by atoms with Gasteiger partial charge in [0.05, 0.1) is 0 Å². The molecule has 0 bridgehead atoms. The molecular weight excluding hydrogens is 224 g/mol. The normalized spacial score (nSPS) is 9.75. The van der Waals surface area contributed by atoms with E-state index < -0.39 is 20.3 Å². The summed E-state index contributed by atoms with van der Waals surface area (Å²) in [7, 11) is -0.822. The Bertz CT molecular complexity index is 440. The van der Waals surface area contributed by atoms with Crippen molar-refractivity contribution >= 4 is 20.3 Å². The second kappa shape index (κ2) is 5.02. The van der Waals surface area contributed by atoms with Gasteiger partial charge in [0.2, 0.25) is 0 Å². The lowest BCUT2D eigenvalue weighted by Crippen LogP contribution is -2.11. The maximum Gasteiger partial charge on any atom is 0.308 e. The van der Waals surface area contributed by atoms with E-state index in [1.807, 2.05) is 12.6 Å². The number of hydrogen-bond donors (Lipinski definition) is 0. The third kappa shape index (κ3) is 3.00. The summed E-state index contributed by atoms with van der Waals surface area (Å²) in [6.45, 7) is 6.60. The van der Waals surface area contributed by atoms with Gasteiger partial charge in [-0.25, -0.2) is 0 Å². The Morgan fingerprint density at radius 3 is 2.25 bits per heavy atom. The van der Waals surface area contributed by atoms with Crippen molar-refractivity contribution in [1.82, 2.24) is 0 Å².